The second-order valence-corrected chi connectivity index (χ2v) is 4.16. The molecule has 2 heterocycles. The van der Waals surface area contributed by atoms with Crippen LogP contribution in [0.2, 0.25) is 0 Å². The predicted molar refractivity (Wildman–Crippen MR) is 59.5 cm³/mol. The first-order valence-electron chi connectivity index (χ1n) is 5.62. The van der Waals surface area contributed by atoms with Gasteiger partial charge in [0.1, 0.15) is 0 Å². The number of carbonyl (C=O) groups is 1. The van der Waals surface area contributed by atoms with Crippen LogP contribution in [0.4, 0.5) is 0 Å². The van der Waals surface area contributed by atoms with E-state index >= 15 is 0 Å². The second-order valence-electron chi connectivity index (χ2n) is 4.16. The zero-order chi connectivity index (χ0) is 11.4. The second kappa shape index (κ2) is 5.27. The summed E-state index contributed by atoms with van der Waals surface area (Å²) >= 11 is 0. The monoisotopic (exact) mass is 223 g/mol. The largest absolute Gasteiger partial charge is 0.461 e. The number of ketones is 1. The average molecular weight is 223 g/mol. The molecule has 4 nitrogen and oxygen atoms in total. The number of ether oxygens (including phenoxy) is 1. The molecule has 2 rings (SSSR count). The van der Waals surface area contributed by atoms with Crippen LogP contribution in [-0.2, 0) is 4.74 Å². The molecule has 4 heteroatoms. The molecule has 0 N–H and O–H groups in total. The van der Waals surface area contributed by atoms with E-state index in [1.54, 1.807) is 12.1 Å². The smallest absolute Gasteiger partial charge is 0.211 e. The van der Waals surface area contributed by atoms with Gasteiger partial charge in [0.25, 0.3) is 0 Å². The molecule has 88 valence electrons. The summed E-state index contributed by atoms with van der Waals surface area (Å²) in [4.78, 5) is 13.9. The number of carbonyl (C=O) groups excluding carboxylic acids is 1. The van der Waals surface area contributed by atoms with Crippen LogP contribution in [0.3, 0.4) is 0 Å². The van der Waals surface area contributed by atoms with E-state index < -0.39 is 0 Å². The Balaban J connectivity index is 1.86. The van der Waals surface area contributed by atoms with Crippen molar-refractivity contribution in [2.75, 3.05) is 26.8 Å². The molecule has 1 aromatic rings. The highest BCUT2D eigenvalue weighted by molar-refractivity contribution is 5.94. The Morgan fingerprint density at radius 2 is 2.25 bits per heavy atom. The van der Waals surface area contributed by atoms with Crippen molar-refractivity contribution in [3.63, 3.8) is 0 Å². The third-order valence-electron chi connectivity index (χ3n) is 3.00. The van der Waals surface area contributed by atoms with Gasteiger partial charge in [0, 0.05) is 19.3 Å². The number of likely N-dealkylation sites (N-methyl/N-ethyl adjacent to an activating group) is 1. The van der Waals surface area contributed by atoms with Gasteiger partial charge in [-0.1, -0.05) is 0 Å². The standard InChI is InChI=1S/C12H17NO3/c1-13(10-4-7-15-8-5-10)9-11(14)12-3-2-6-16-12/h2-3,6,10H,4-5,7-9H2,1H3. The van der Waals surface area contributed by atoms with Gasteiger partial charge in [-0.3, -0.25) is 9.69 Å². The summed E-state index contributed by atoms with van der Waals surface area (Å²) in [5.41, 5.74) is 0. The van der Waals surface area contributed by atoms with Crippen LogP contribution in [0.15, 0.2) is 22.8 Å². The van der Waals surface area contributed by atoms with E-state index in [2.05, 4.69) is 4.90 Å². The normalized spacial score (nSPS) is 17.9. The van der Waals surface area contributed by atoms with Gasteiger partial charge < -0.3 is 9.15 Å². The molecule has 0 aliphatic carbocycles. The zero-order valence-corrected chi connectivity index (χ0v) is 9.52. The van der Waals surface area contributed by atoms with Gasteiger partial charge in [-0.2, -0.15) is 0 Å². The molecule has 16 heavy (non-hydrogen) atoms. The van der Waals surface area contributed by atoms with Crippen LogP contribution < -0.4 is 0 Å². The number of hydrogen-bond acceptors (Lipinski definition) is 4. The van der Waals surface area contributed by atoms with Crippen molar-refractivity contribution in [1.82, 2.24) is 4.90 Å². The molecular weight excluding hydrogens is 206 g/mol. The maximum Gasteiger partial charge on any atom is 0.211 e. The summed E-state index contributed by atoms with van der Waals surface area (Å²) in [6, 6.07) is 3.90. The fourth-order valence-corrected chi connectivity index (χ4v) is 2.00. The minimum absolute atomic E-state index is 0.0407. The van der Waals surface area contributed by atoms with Gasteiger partial charge in [-0.05, 0) is 32.0 Å². The van der Waals surface area contributed by atoms with Crippen LogP contribution in [-0.4, -0.2) is 43.5 Å². The molecule has 0 bridgehead atoms. The summed E-state index contributed by atoms with van der Waals surface area (Å²) in [7, 11) is 1.98. The van der Waals surface area contributed by atoms with Crippen molar-refractivity contribution in [3.8, 4) is 0 Å². The topological polar surface area (TPSA) is 42.7 Å². The van der Waals surface area contributed by atoms with Gasteiger partial charge in [0.05, 0.1) is 12.8 Å². The SMILES string of the molecule is CN(CC(=O)c1ccco1)C1CCOCC1. The first-order valence-corrected chi connectivity index (χ1v) is 5.62. The van der Waals surface area contributed by atoms with E-state index in [-0.39, 0.29) is 5.78 Å². The molecule has 0 atom stereocenters. The molecule has 1 aromatic heterocycles. The van der Waals surface area contributed by atoms with Gasteiger partial charge in [0.15, 0.2) is 5.76 Å². The predicted octanol–water partition coefficient (Wildman–Crippen LogP) is 1.57. The molecule has 1 aliphatic heterocycles. The Kier molecular flexibility index (Phi) is 3.74. The number of furan rings is 1. The molecule has 0 aromatic carbocycles. The Hall–Kier alpha value is -1.13. The third kappa shape index (κ3) is 2.71. The van der Waals surface area contributed by atoms with Crippen molar-refractivity contribution in [2.45, 2.75) is 18.9 Å². The summed E-state index contributed by atoms with van der Waals surface area (Å²) < 4.78 is 10.4. The molecule has 0 radical (unpaired) electrons. The Morgan fingerprint density at radius 1 is 1.50 bits per heavy atom. The van der Waals surface area contributed by atoms with Crippen molar-refractivity contribution in [2.24, 2.45) is 0 Å². The van der Waals surface area contributed by atoms with Crippen molar-refractivity contribution in [1.29, 1.82) is 0 Å². The Morgan fingerprint density at radius 3 is 2.88 bits per heavy atom. The van der Waals surface area contributed by atoms with Crippen molar-refractivity contribution >= 4 is 5.78 Å². The maximum absolute atomic E-state index is 11.8. The lowest BCUT2D eigenvalue weighted by Crippen LogP contribution is -2.39. The summed E-state index contributed by atoms with van der Waals surface area (Å²) in [6.45, 7) is 2.01. The van der Waals surface area contributed by atoms with E-state index in [9.17, 15) is 4.79 Å². The molecule has 1 fully saturated rings. The molecule has 0 spiro atoms. The Labute approximate surface area is 95.2 Å². The van der Waals surface area contributed by atoms with E-state index in [4.69, 9.17) is 9.15 Å². The number of Topliss-reactive ketones (excluding diaryl/α,β-unsaturated/α-hetero) is 1. The third-order valence-corrected chi connectivity index (χ3v) is 3.00. The first-order chi connectivity index (χ1) is 7.77. The van der Waals surface area contributed by atoms with Crippen LogP contribution in [0.5, 0.6) is 0 Å². The van der Waals surface area contributed by atoms with Crippen LogP contribution in [0.25, 0.3) is 0 Å². The highest BCUT2D eigenvalue weighted by Gasteiger charge is 2.21. The van der Waals surface area contributed by atoms with Gasteiger partial charge in [0.2, 0.25) is 5.78 Å². The van der Waals surface area contributed by atoms with Crippen LogP contribution >= 0.6 is 0 Å². The lowest BCUT2D eigenvalue weighted by molar-refractivity contribution is 0.0414. The zero-order valence-electron chi connectivity index (χ0n) is 9.52. The van der Waals surface area contributed by atoms with E-state index in [0.717, 1.165) is 26.1 Å². The van der Waals surface area contributed by atoms with E-state index in [1.165, 1.54) is 6.26 Å². The number of nitrogens with zero attached hydrogens (tertiary/aromatic N) is 1. The average Bonchev–Trinajstić information content (AvgIpc) is 2.83. The minimum atomic E-state index is 0.0407. The molecular formula is C12H17NO3. The molecule has 0 unspecified atom stereocenters. The molecule has 0 amide bonds. The summed E-state index contributed by atoms with van der Waals surface area (Å²) in [6.07, 6.45) is 3.53. The lowest BCUT2D eigenvalue weighted by Gasteiger charge is -2.30. The molecule has 0 saturated carbocycles. The molecule has 1 saturated heterocycles. The van der Waals surface area contributed by atoms with E-state index in [1.807, 2.05) is 7.05 Å². The summed E-state index contributed by atoms with van der Waals surface area (Å²) in [5.74, 6) is 0.484. The number of rotatable bonds is 4. The molecule has 1 aliphatic rings. The highest BCUT2D eigenvalue weighted by atomic mass is 16.5. The van der Waals surface area contributed by atoms with Crippen LogP contribution in [0, 0.1) is 0 Å². The quantitative estimate of drug-likeness (QED) is 0.727. The van der Waals surface area contributed by atoms with Crippen molar-refractivity contribution < 1.29 is 13.9 Å². The fourth-order valence-electron chi connectivity index (χ4n) is 2.00. The van der Waals surface area contributed by atoms with Gasteiger partial charge in [-0.15, -0.1) is 0 Å². The van der Waals surface area contributed by atoms with Crippen molar-refractivity contribution in [3.05, 3.63) is 24.2 Å². The summed E-state index contributed by atoms with van der Waals surface area (Å²) in [5, 5.41) is 0. The maximum atomic E-state index is 11.8. The highest BCUT2D eigenvalue weighted by Crippen LogP contribution is 2.13. The Bertz CT molecular complexity index is 328. The fraction of sp³-hybridized carbons (Fsp3) is 0.583. The number of hydrogen-bond donors (Lipinski definition) is 0. The van der Waals surface area contributed by atoms with Crippen LogP contribution in [0.1, 0.15) is 23.4 Å². The van der Waals surface area contributed by atoms with Gasteiger partial charge in [-0.25, -0.2) is 0 Å². The first kappa shape index (κ1) is 11.4. The lowest BCUT2D eigenvalue weighted by atomic mass is 10.1. The van der Waals surface area contributed by atoms with Gasteiger partial charge >= 0.3 is 0 Å². The van der Waals surface area contributed by atoms with E-state index in [0.29, 0.717) is 18.3 Å². The minimum Gasteiger partial charge on any atom is -0.461 e.